The predicted molar refractivity (Wildman–Crippen MR) is 181 cm³/mol. The Hall–Kier alpha value is -4.80. The molecule has 1 saturated carbocycles. The van der Waals surface area contributed by atoms with Gasteiger partial charge in [0.15, 0.2) is 5.65 Å². The fourth-order valence-electron chi connectivity index (χ4n) is 6.48. The number of fused-ring (bicyclic) bond motifs is 2. The minimum atomic E-state index is -0.122. The van der Waals surface area contributed by atoms with Crippen LogP contribution in [0.15, 0.2) is 77.9 Å². The SMILES string of the molecule is Nc1ncnc2c1c(-c1ccc(O)cc1)nn2Cc1nc2cccc(CCCNC3CCCC3)c2c(=O)n1Cc1ccccc1Cl. The van der Waals surface area contributed by atoms with Crippen LogP contribution in [0.2, 0.25) is 5.02 Å². The Morgan fingerprint density at radius 3 is 2.52 bits per heavy atom. The molecule has 7 rings (SSSR count). The van der Waals surface area contributed by atoms with Gasteiger partial charge in [0.1, 0.15) is 36.0 Å². The van der Waals surface area contributed by atoms with Crippen LogP contribution in [0.3, 0.4) is 0 Å². The molecule has 6 aromatic rings. The maximum atomic E-state index is 14.5. The lowest BCUT2D eigenvalue weighted by Crippen LogP contribution is -2.29. The number of phenols is 1. The van der Waals surface area contributed by atoms with Crippen molar-refractivity contribution in [1.29, 1.82) is 0 Å². The molecule has 10 nitrogen and oxygen atoms in total. The van der Waals surface area contributed by atoms with E-state index < -0.39 is 0 Å². The molecule has 3 aromatic carbocycles. The van der Waals surface area contributed by atoms with Crippen LogP contribution in [0.25, 0.3) is 33.2 Å². The van der Waals surface area contributed by atoms with Crippen molar-refractivity contribution < 1.29 is 5.11 Å². The number of halogens is 1. The molecular weight excluding hydrogens is 600 g/mol. The van der Waals surface area contributed by atoms with Crippen LogP contribution in [0.1, 0.15) is 49.1 Å². The topological polar surface area (TPSA) is 137 Å². The summed E-state index contributed by atoms with van der Waals surface area (Å²) in [5.41, 5.74) is 10.5. The van der Waals surface area contributed by atoms with Crippen molar-refractivity contribution in [2.75, 3.05) is 12.3 Å². The highest BCUT2D eigenvalue weighted by molar-refractivity contribution is 6.31. The molecule has 0 aliphatic heterocycles. The van der Waals surface area contributed by atoms with E-state index in [4.69, 9.17) is 27.4 Å². The average Bonchev–Trinajstić information content (AvgIpc) is 3.71. The summed E-state index contributed by atoms with van der Waals surface area (Å²) in [5.74, 6) is 0.938. The number of nitrogens with zero attached hydrogens (tertiary/aromatic N) is 6. The number of nitrogens with one attached hydrogen (secondary N) is 1. The lowest BCUT2D eigenvalue weighted by Gasteiger charge is -2.16. The molecule has 0 bridgehead atoms. The van der Waals surface area contributed by atoms with Gasteiger partial charge in [0.05, 0.1) is 22.8 Å². The molecule has 0 unspecified atom stereocenters. The number of anilines is 1. The second-order valence-electron chi connectivity index (χ2n) is 11.9. The Bertz CT molecular complexity index is 2080. The van der Waals surface area contributed by atoms with Gasteiger partial charge in [-0.15, -0.1) is 0 Å². The van der Waals surface area contributed by atoms with Crippen molar-refractivity contribution >= 4 is 39.4 Å². The quantitative estimate of drug-likeness (QED) is 0.163. The number of aromatic hydroxyl groups is 1. The summed E-state index contributed by atoms with van der Waals surface area (Å²) in [4.78, 5) is 28.2. The van der Waals surface area contributed by atoms with Gasteiger partial charge in [-0.3, -0.25) is 9.36 Å². The Kier molecular flexibility index (Phi) is 8.38. The minimum absolute atomic E-state index is 0.122. The maximum absolute atomic E-state index is 14.5. The highest BCUT2D eigenvalue weighted by Crippen LogP contribution is 2.31. The first kappa shape index (κ1) is 29.9. The van der Waals surface area contributed by atoms with Crippen molar-refractivity contribution in [3.63, 3.8) is 0 Å². The normalized spacial score (nSPS) is 13.7. The van der Waals surface area contributed by atoms with Gasteiger partial charge in [-0.05, 0) is 79.8 Å². The third kappa shape index (κ3) is 5.93. The van der Waals surface area contributed by atoms with Gasteiger partial charge in [0, 0.05) is 16.6 Å². The molecule has 0 saturated heterocycles. The second-order valence-corrected chi connectivity index (χ2v) is 12.3. The summed E-state index contributed by atoms with van der Waals surface area (Å²) in [6, 6.07) is 20.7. The van der Waals surface area contributed by atoms with Crippen LogP contribution in [-0.2, 0) is 19.5 Å². The van der Waals surface area contributed by atoms with Crippen molar-refractivity contribution in [3.8, 4) is 17.0 Å². The first-order valence-corrected chi connectivity index (χ1v) is 16.1. The summed E-state index contributed by atoms with van der Waals surface area (Å²) in [7, 11) is 0. The molecule has 3 heterocycles. The third-order valence-corrected chi connectivity index (χ3v) is 9.21. The summed E-state index contributed by atoms with van der Waals surface area (Å²) < 4.78 is 3.40. The zero-order valence-corrected chi connectivity index (χ0v) is 26.1. The van der Waals surface area contributed by atoms with E-state index in [1.807, 2.05) is 42.5 Å². The van der Waals surface area contributed by atoms with E-state index in [1.54, 1.807) is 33.5 Å². The lowest BCUT2D eigenvalue weighted by molar-refractivity contribution is 0.475. The highest BCUT2D eigenvalue weighted by Gasteiger charge is 2.21. The van der Waals surface area contributed by atoms with Crippen LogP contribution in [-0.4, -0.2) is 47.0 Å². The fourth-order valence-corrected chi connectivity index (χ4v) is 6.67. The van der Waals surface area contributed by atoms with Crippen molar-refractivity contribution in [2.24, 2.45) is 0 Å². The lowest BCUT2D eigenvalue weighted by atomic mass is 10.0. The first-order chi connectivity index (χ1) is 22.5. The van der Waals surface area contributed by atoms with Crippen LogP contribution >= 0.6 is 11.6 Å². The maximum Gasteiger partial charge on any atom is 0.262 e. The molecule has 46 heavy (non-hydrogen) atoms. The number of aromatic nitrogens is 6. The third-order valence-electron chi connectivity index (χ3n) is 8.84. The van der Waals surface area contributed by atoms with Crippen LogP contribution in [0, 0.1) is 0 Å². The van der Waals surface area contributed by atoms with Gasteiger partial charge >= 0.3 is 0 Å². The van der Waals surface area contributed by atoms with Crippen molar-refractivity contribution in [2.45, 2.75) is 57.7 Å². The number of phenolic OH excluding ortho intramolecular Hbond substituents is 1. The van der Waals surface area contributed by atoms with Crippen molar-refractivity contribution in [1.82, 2.24) is 34.6 Å². The van der Waals surface area contributed by atoms with Crippen LogP contribution in [0.4, 0.5) is 5.82 Å². The smallest absolute Gasteiger partial charge is 0.262 e. The Balaban J connectivity index is 1.31. The Morgan fingerprint density at radius 1 is 0.935 bits per heavy atom. The zero-order chi connectivity index (χ0) is 31.6. The largest absolute Gasteiger partial charge is 0.508 e. The molecule has 0 atom stereocenters. The molecular formula is C35H35ClN8O2. The predicted octanol–water partition coefficient (Wildman–Crippen LogP) is 5.71. The van der Waals surface area contributed by atoms with Gasteiger partial charge in [-0.2, -0.15) is 5.10 Å². The molecule has 4 N–H and O–H groups in total. The summed E-state index contributed by atoms with van der Waals surface area (Å²) >= 11 is 6.60. The molecule has 1 aliphatic rings. The summed E-state index contributed by atoms with van der Waals surface area (Å²) in [6.07, 6.45) is 8.19. The summed E-state index contributed by atoms with van der Waals surface area (Å²) in [6.45, 7) is 1.31. The Labute approximate surface area is 270 Å². The molecule has 0 spiro atoms. The van der Waals surface area contributed by atoms with E-state index in [9.17, 15) is 9.90 Å². The summed E-state index contributed by atoms with van der Waals surface area (Å²) in [5, 5.41) is 20.2. The molecule has 11 heteroatoms. The number of nitrogen functional groups attached to an aromatic ring is 1. The van der Waals surface area contributed by atoms with Gasteiger partial charge in [0.2, 0.25) is 0 Å². The first-order valence-electron chi connectivity index (χ1n) is 15.7. The number of rotatable bonds is 10. The number of nitrogens with two attached hydrogens (primary N) is 1. The van der Waals surface area contributed by atoms with E-state index >= 15 is 0 Å². The zero-order valence-electron chi connectivity index (χ0n) is 25.4. The highest BCUT2D eigenvalue weighted by atomic mass is 35.5. The second kappa shape index (κ2) is 12.9. The van der Waals surface area contributed by atoms with E-state index in [0.717, 1.165) is 36.1 Å². The number of aryl methyl sites for hydroxylation is 1. The number of hydrogen-bond donors (Lipinski definition) is 3. The monoisotopic (exact) mass is 634 g/mol. The van der Waals surface area contributed by atoms with Gasteiger partial charge in [-0.25, -0.2) is 19.6 Å². The molecule has 0 radical (unpaired) electrons. The van der Waals surface area contributed by atoms with Gasteiger partial charge in [0.25, 0.3) is 5.56 Å². The van der Waals surface area contributed by atoms with E-state index in [1.165, 1.54) is 32.0 Å². The number of benzene rings is 3. The van der Waals surface area contributed by atoms with Crippen LogP contribution in [0.5, 0.6) is 5.75 Å². The minimum Gasteiger partial charge on any atom is -0.508 e. The molecule has 3 aromatic heterocycles. The Morgan fingerprint density at radius 2 is 1.72 bits per heavy atom. The van der Waals surface area contributed by atoms with E-state index in [2.05, 4.69) is 15.3 Å². The number of hydrogen-bond acceptors (Lipinski definition) is 8. The molecule has 1 aliphatic carbocycles. The van der Waals surface area contributed by atoms with Gasteiger partial charge in [-0.1, -0.05) is 54.8 Å². The molecule has 234 valence electrons. The van der Waals surface area contributed by atoms with Gasteiger partial charge < -0.3 is 16.2 Å². The van der Waals surface area contributed by atoms with E-state index in [0.29, 0.717) is 44.5 Å². The fraction of sp³-hybridized carbons (Fsp3) is 0.286. The van der Waals surface area contributed by atoms with Crippen LogP contribution < -0.4 is 16.6 Å². The average molecular weight is 635 g/mol. The van der Waals surface area contributed by atoms with E-state index in [-0.39, 0.29) is 30.2 Å². The molecule has 1 fully saturated rings. The molecule has 0 amide bonds. The van der Waals surface area contributed by atoms with Crippen molar-refractivity contribution in [3.05, 3.63) is 105 Å². The standard InChI is InChI=1S/C35H35ClN8O2/c36-27-12-4-1-7-24(27)19-43-29(20-44-34-31(33(37)39-21-40-34)32(42-44)23-14-16-26(45)17-15-23)41-28-13-5-8-22(30(28)35(43)46)9-6-18-38-25-10-2-3-11-25/h1,4-5,7-8,12-17,21,25,38,45H,2-3,6,9-11,18-20H2,(H2,37,39,40).